The largest absolute Gasteiger partial charge is 0.351 e. The zero-order valence-corrected chi connectivity index (χ0v) is 14.5. The van der Waals surface area contributed by atoms with Gasteiger partial charge in [0.1, 0.15) is 11.5 Å². The number of amides is 1. The van der Waals surface area contributed by atoms with Crippen LogP contribution in [0.15, 0.2) is 48.8 Å². The smallest absolute Gasteiger partial charge is 0.252 e. The normalized spacial score (nSPS) is 14.8. The molecule has 0 aliphatic carbocycles. The third-order valence-electron chi connectivity index (χ3n) is 4.77. The molecule has 5 nitrogen and oxygen atoms in total. The molecule has 1 aliphatic rings. The average molecular weight is 352 g/mol. The molecule has 2 aromatic heterocycles. The maximum absolute atomic E-state index is 13.1. The molecule has 0 bridgehead atoms. The maximum atomic E-state index is 13.1. The van der Waals surface area contributed by atoms with E-state index < -0.39 is 0 Å². The van der Waals surface area contributed by atoms with Crippen LogP contribution in [0.5, 0.6) is 0 Å². The van der Waals surface area contributed by atoms with Crippen molar-refractivity contribution in [2.75, 3.05) is 26.2 Å². The SMILES string of the molecule is O=C(NCCN1CCCC1)c1ccc2nc(-c3ccc(F)cc3)cn2c1. The fourth-order valence-corrected chi connectivity index (χ4v) is 3.32. The van der Waals surface area contributed by atoms with E-state index in [0.29, 0.717) is 12.1 Å². The Morgan fingerprint density at radius 3 is 2.62 bits per heavy atom. The number of aromatic nitrogens is 2. The van der Waals surface area contributed by atoms with Gasteiger partial charge in [-0.05, 0) is 62.3 Å². The molecule has 0 saturated carbocycles. The van der Waals surface area contributed by atoms with Crippen molar-refractivity contribution >= 4 is 11.6 Å². The molecule has 134 valence electrons. The molecule has 6 heteroatoms. The van der Waals surface area contributed by atoms with Crippen LogP contribution in [0.3, 0.4) is 0 Å². The lowest BCUT2D eigenvalue weighted by molar-refractivity contribution is 0.0949. The van der Waals surface area contributed by atoms with Crippen LogP contribution in [-0.2, 0) is 0 Å². The molecule has 0 radical (unpaired) electrons. The highest BCUT2D eigenvalue weighted by molar-refractivity contribution is 5.94. The standard InChI is InChI=1S/C20H21FN4O/c21-17-6-3-15(4-7-17)18-14-25-13-16(5-8-19(25)23-18)20(26)22-9-12-24-10-1-2-11-24/h3-8,13-14H,1-2,9-12H2,(H,22,26). The average Bonchev–Trinajstić information content (AvgIpc) is 3.31. The third kappa shape index (κ3) is 3.60. The van der Waals surface area contributed by atoms with Gasteiger partial charge >= 0.3 is 0 Å². The first-order chi connectivity index (χ1) is 12.7. The van der Waals surface area contributed by atoms with Crippen LogP contribution in [0, 0.1) is 5.82 Å². The van der Waals surface area contributed by atoms with Crippen molar-refractivity contribution in [2.24, 2.45) is 0 Å². The molecule has 0 atom stereocenters. The lowest BCUT2D eigenvalue weighted by Crippen LogP contribution is -2.33. The number of likely N-dealkylation sites (tertiary alicyclic amines) is 1. The summed E-state index contributed by atoms with van der Waals surface area (Å²) in [7, 11) is 0. The van der Waals surface area contributed by atoms with Gasteiger partial charge in [0.25, 0.3) is 5.91 Å². The van der Waals surface area contributed by atoms with E-state index in [0.717, 1.165) is 36.5 Å². The molecule has 1 N–H and O–H groups in total. The van der Waals surface area contributed by atoms with Crippen molar-refractivity contribution in [3.05, 3.63) is 60.2 Å². The van der Waals surface area contributed by atoms with Crippen LogP contribution >= 0.6 is 0 Å². The second kappa shape index (κ2) is 7.25. The monoisotopic (exact) mass is 352 g/mol. The second-order valence-corrected chi connectivity index (χ2v) is 6.62. The molecular weight excluding hydrogens is 331 g/mol. The van der Waals surface area contributed by atoms with Gasteiger partial charge in [0, 0.05) is 31.0 Å². The number of hydrogen-bond donors (Lipinski definition) is 1. The van der Waals surface area contributed by atoms with Gasteiger partial charge in [-0.15, -0.1) is 0 Å². The van der Waals surface area contributed by atoms with Crippen LogP contribution < -0.4 is 5.32 Å². The molecule has 3 heterocycles. The van der Waals surface area contributed by atoms with Crippen molar-refractivity contribution < 1.29 is 9.18 Å². The van der Waals surface area contributed by atoms with Gasteiger partial charge in [-0.2, -0.15) is 0 Å². The molecule has 1 aromatic carbocycles. The van der Waals surface area contributed by atoms with Crippen LogP contribution in [0.4, 0.5) is 4.39 Å². The van der Waals surface area contributed by atoms with E-state index in [9.17, 15) is 9.18 Å². The Morgan fingerprint density at radius 1 is 1.08 bits per heavy atom. The number of carbonyl (C=O) groups is 1. The van der Waals surface area contributed by atoms with Gasteiger partial charge in [0.2, 0.25) is 0 Å². The number of halogens is 1. The predicted octanol–water partition coefficient (Wildman–Crippen LogP) is 2.97. The fourth-order valence-electron chi connectivity index (χ4n) is 3.32. The van der Waals surface area contributed by atoms with Gasteiger partial charge in [-0.3, -0.25) is 4.79 Å². The van der Waals surface area contributed by atoms with Crippen LogP contribution in [0.1, 0.15) is 23.2 Å². The Hall–Kier alpha value is -2.73. The Bertz CT molecular complexity index is 913. The van der Waals surface area contributed by atoms with Gasteiger partial charge in [-0.1, -0.05) is 0 Å². The summed E-state index contributed by atoms with van der Waals surface area (Å²) in [5, 5.41) is 2.98. The number of fused-ring (bicyclic) bond motifs is 1. The summed E-state index contributed by atoms with van der Waals surface area (Å²) < 4.78 is 14.9. The first-order valence-electron chi connectivity index (χ1n) is 8.94. The summed E-state index contributed by atoms with van der Waals surface area (Å²) in [6, 6.07) is 9.83. The zero-order chi connectivity index (χ0) is 17.9. The number of rotatable bonds is 5. The van der Waals surface area contributed by atoms with Gasteiger partial charge in [-0.25, -0.2) is 9.37 Å². The predicted molar refractivity (Wildman–Crippen MR) is 98.6 cm³/mol. The molecule has 1 amide bonds. The topological polar surface area (TPSA) is 49.6 Å². The highest BCUT2D eigenvalue weighted by atomic mass is 19.1. The first-order valence-corrected chi connectivity index (χ1v) is 8.94. The molecule has 1 aliphatic heterocycles. The minimum absolute atomic E-state index is 0.0804. The molecule has 0 unspecified atom stereocenters. The van der Waals surface area contributed by atoms with Crippen molar-refractivity contribution in [1.82, 2.24) is 19.6 Å². The van der Waals surface area contributed by atoms with E-state index in [-0.39, 0.29) is 11.7 Å². The highest BCUT2D eigenvalue weighted by Gasteiger charge is 2.12. The molecule has 1 fully saturated rings. The molecule has 26 heavy (non-hydrogen) atoms. The first kappa shape index (κ1) is 16.7. The number of pyridine rings is 1. The summed E-state index contributed by atoms with van der Waals surface area (Å²) >= 11 is 0. The quantitative estimate of drug-likeness (QED) is 0.768. The third-order valence-corrected chi connectivity index (χ3v) is 4.77. The van der Waals surface area contributed by atoms with Gasteiger partial charge in [0.05, 0.1) is 11.3 Å². The van der Waals surface area contributed by atoms with Crippen molar-refractivity contribution in [2.45, 2.75) is 12.8 Å². The van der Waals surface area contributed by atoms with Gasteiger partial charge < -0.3 is 14.6 Å². The summed E-state index contributed by atoms with van der Waals surface area (Å²) in [5.41, 5.74) is 2.93. The number of carbonyl (C=O) groups excluding carboxylic acids is 1. The minimum Gasteiger partial charge on any atom is -0.351 e. The molecular formula is C20H21FN4O. The van der Waals surface area contributed by atoms with E-state index in [1.54, 1.807) is 24.4 Å². The lowest BCUT2D eigenvalue weighted by Gasteiger charge is -2.14. The van der Waals surface area contributed by atoms with E-state index in [1.165, 1.54) is 25.0 Å². The molecule has 1 saturated heterocycles. The molecule has 4 rings (SSSR count). The second-order valence-electron chi connectivity index (χ2n) is 6.62. The molecule has 3 aromatic rings. The van der Waals surface area contributed by atoms with Crippen LogP contribution in [0.25, 0.3) is 16.9 Å². The highest BCUT2D eigenvalue weighted by Crippen LogP contribution is 2.20. The van der Waals surface area contributed by atoms with E-state index in [1.807, 2.05) is 16.7 Å². The Labute approximate surface area is 151 Å². The zero-order valence-electron chi connectivity index (χ0n) is 14.5. The lowest BCUT2D eigenvalue weighted by atomic mass is 10.2. The Morgan fingerprint density at radius 2 is 1.85 bits per heavy atom. The Kier molecular flexibility index (Phi) is 4.67. The van der Waals surface area contributed by atoms with Crippen LogP contribution in [0.2, 0.25) is 0 Å². The summed E-state index contributed by atoms with van der Waals surface area (Å²) in [5.74, 6) is -0.353. The number of benzene rings is 1. The summed E-state index contributed by atoms with van der Waals surface area (Å²) in [6.07, 6.45) is 6.13. The maximum Gasteiger partial charge on any atom is 0.252 e. The summed E-state index contributed by atoms with van der Waals surface area (Å²) in [6.45, 7) is 3.81. The Balaban J connectivity index is 1.46. The van der Waals surface area contributed by atoms with Crippen molar-refractivity contribution in [3.63, 3.8) is 0 Å². The van der Waals surface area contributed by atoms with Crippen LogP contribution in [-0.4, -0.2) is 46.4 Å². The summed E-state index contributed by atoms with van der Waals surface area (Å²) in [4.78, 5) is 19.3. The van der Waals surface area contributed by atoms with Crippen molar-refractivity contribution in [1.29, 1.82) is 0 Å². The molecule has 0 spiro atoms. The number of imidazole rings is 1. The van der Waals surface area contributed by atoms with Gasteiger partial charge in [0.15, 0.2) is 0 Å². The van der Waals surface area contributed by atoms with E-state index >= 15 is 0 Å². The fraction of sp³-hybridized carbons (Fsp3) is 0.300. The number of nitrogens with one attached hydrogen (secondary N) is 1. The number of hydrogen-bond acceptors (Lipinski definition) is 3. The van der Waals surface area contributed by atoms with E-state index in [4.69, 9.17) is 0 Å². The minimum atomic E-state index is -0.273. The number of nitrogens with zero attached hydrogens (tertiary/aromatic N) is 3. The van der Waals surface area contributed by atoms with E-state index in [2.05, 4.69) is 15.2 Å². The van der Waals surface area contributed by atoms with Crippen molar-refractivity contribution in [3.8, 4) is 11.3 Å².